The summed E-state index contributed by atoms with van der Waals surface area (Å²) in [6.45, 7) is 3.04. The van der Waals surface area contributed by atoms with Crippen molar-refractivity contribution in [1.82, 2.24) is 4.57 Å². The fourth-order valence-corrected chi connectivity index (χ4v) is 1.40. The van der Waals surface area contributed by atoms with E-state index in [1.54, 1.807) is 17.8 Å². The van der Waals surface area contributed by atoms with Gasteiger partial charge in [0, 0.05) is 24.2 Å². The predicted molar refractivity (Wildman–Crippen MR) is 50.1 cm³/mol. The highest BCUT2D eigenvalue weighted by Crippen LogP contribution is 1.92. The van der Waals surface area contributed by atoms with Crippen molar-refractivity contribution >= 4 is 17.2 Å². The Kier molecular flexibility index (Phi) is 3.16. The number of nitrogens with zero attached hydrogens (tertiary/aromatic N) is 2. The molecule has 0 aromatic carbocycles. The number of aliphatic hydroxyl groups is 1. The zero-order chi connectivity index (χ0) is 9.84. The van der Waals surface area contributed by atoms with E-state index in [0.717, 1.165) is 0 Å². The van der Waals surface area contributed by atoms with Gasteiger partial charge in [-0.2, -0.15) is 4.99 Å². The maximum absolute atomic E-state index is 11.2. The molecule has 1 N–H and O–H groups in total. The molecule has 13 heavy (non-hydrogen) atoms. The number of aromatic nitrogens is 1. The Balaban J connectivity index is 2.96. The molecule has 0 aliphatic carbocycles. The molecule has 70 valence electrons. The van der Waals surface area contributed by atoms with Gasteiger partial charge in [-0.25, -0.2) is 0 Å². The van der Waals surface area contributed by atoms with E-state index < -0.39 is 5.91 Å². The van der Waals surface area contributed by atoms with E-state index in [1.165, 1.54) is 11.3 Å². The van der Waals surface area contributed by atoms with Gasteiger partial charge in [-0.1, -0.05) is 6.58 Å². The van der Waals surface area contributed by atoms with E-state index in [0.29, 0.717) is 4.80 Å². The van der Waals surface area contributed by atoms with Crippen LogP contribution in [0.3, 0.4) is 0 Å². The summed E-state index contributed by atoms with van der Waals surface area (Å²) in [5, 5.41) is 10.4. The minimum absolute atomic E-state index is 0.105. The maximum Gasteiger partial charge on any atom is 0.277 e. The summed E-state index contributed by atoms with van der Waals surface area (Å²) >= 11 is 1.36. The predicted octanol–water partition coefficient (Wildman–Crippen LogP) is 0.0624. The first-order valence-electron chi connectivity index (χ1n) is 3.63. The lowest BCUT2D eigenvalue weighted by atomic mass is 10.3. The monoisotopic (exact) mass is 198 g/mol. The Hall–Kier alpha value is -1.20. The van der Waals surface area contributed by atoms with Gasteiger partial charge < -0.3 is 9.67 Å². The van der Waals surface area contributed by atoms with Gasteiger partial charge in [-0.15, -0.1) is 11.3 Å². The quantitative estimate of drug-likeness (QED) is 0.683. The molecule has 0 aliphatic rings. The van der Waals surface area contributed by atoms with Crippen molar-refractivity contribution < 1.29 is 9.90 Å². The Morgan fingerprint density at radius 2 is 2.54 bits per heavy atom. The van der Waals surface area contributed by atoms with Crippen LogP contribution in [0.2, 0.25) is 0 Å². The van der Waals surface area contributed by atoms with Crippen molar-refractivity contribution in [3.8, 4) is 0 Å². The fourth-order valence-electron chi connectivity index (χ4n) is 0.668. The highest BCUT2D eigenvalue weighted by atomic mass is 32.1. The van der Waals surface area contributed by atoms with Crippen molar-refractivity contribution in [3.63, 3.8) is 0 Å². The van der Waals surface area contributed by atoms with E-state index in [1.807, 2.05) is 5.38 Å². The van der Waals surface area contributed by atoms with Crippen LogP contribution in [0.1, 0.15) is 0 Å². The molecule has 0 unspecified atom stereocenters. The van der Waals surface area contributed by atoms with E-state index in [4.69, 9.17) is 5.11 Å². The molecule has 1 rings (SSSR count). The first-order valence-corrected chi connectivity index (χ1v) is 4.51. The third-order valence-corrected chi connectivity index (χ3v) is 2.30. The first-order chi connectivity index (χ1) is 6.15. The topological polar surface area (TPSA) is 54.6 Å². The van der Waals surface area contributed by atoms with E-state index in [9.17, 15) is 4.79 Å². The van der Waals surface area contributed by atoms with Crippen LogP contribution in [0.15, 0.2) is 28.7 Å². The lowest BCUT2D eigenvalue weighted by Gasteiger charge is -1.93. The van der Waals surface area contributed by atoms with Crippen molar-refractivity contribution in [2.75, 3.05) is 6.61 Å². The number of rotatable bonds is 2. The summed E-state index contributed by atoms with van der Waals surface area (Å²) < 4.78 is 1.73. The van der Waals surface area contributed by atoms with Gasteiger partial charge in [0.1, 0.15) is 0 Å². The number of hydrogen-bond donors (Lipinski definition) is 1. The van der Waals surface area contributed by atoms with Crippen LogP contribution in [0.5, 0.6) is 0 Å². The molecule has 5 heteroatoms. The molecule has 0 atom stereocenters. The van der Waals surface area contributed by atoms with Crippen LogP contribution >= 0.6 is 11.3 Å². The first kappa shape index (κ1) is 9.88. The zero-order valence-corrected chi connectivity index (χ0v) is 8.04. The Labute approximate surface area is 79.5 Å². The molecular weight excluding hydrogens is 188 g/mol. The number of carbonyl (C=O) groups excluding carboxylic acids is 1. The van der Waals surface area contributed by atoms with Gasteiger partial charge in [0.2, 0.25) is 0 Å². The molecule has 0 saturated heterocycles. The van der Waals surface area contributed by atoms with Gasteiger partial charge >= 0.3 is 0 Å². The molecule has 4 nitrogen and oxygen atoms in total. The number of carbonyl (C=O) groups is 1. The van der Waals surface area contributed by atoms with Crippen LogP contribution in [-0.2, 0) is 11.8 Å². The number of aliphatic hydroxyl groups excluding tert-OH is 1. The summed E-state index contributed by atoms with van der Waals surface area (Å²) in [4.78, 5) is 15.5. The summed E-state index contributed by atoms with van der Waals surface area (Å²) in [6.07, 6.45) is 1.80. The number of amides is 1. The van der Waals surface area contributed by atoms with Crippen LogP contribution in [0.4, 0.5) is 0 Å². The molecule has 0 fully saturated rings. The minimum atomic E-state index is -0.472. The number of aryl methyl sites for hydroxylation is 1. The maximum atomic E-state index is 11.2. The second-order valence-electron chi connectivity index (χ2n) is 2.48. The third-order valence-electron chi connectivity index (χ3n) is 1.45. The average molecular weight is 198 g/mol. The second kappa shape index (κ2) is 4.15. The standard InChI is InChI=1S/C8H10N2O2S/c1-6(5-11)7(12)9-8-10(2)3-4-13-8/h3-4,11H,1,5H2,2H3. The number of thiazole rings is 1. The normalized spacial score (nSPS) is 11.7. The van der Waals surface area contributed by atoms with Gasteiger partial charge in [-0.05, 0) is 0 Å². The van der Waals surface area contributed by atoms with Gasteiger partial charge in [0.25, 0.3) is 5.91 Å². The molecule has 1 aromatic heterocycles. The molecular formula is C8H10N2O2S. The lowest BCUT2D eigenvalue weighted by molar-refractivity contribution is -0.115. The highest BCUT2D eigenvalue weighted by molar-refractivity contribution is 7.07. The molecule has 0 aliphatic heterocycles. The highest BCUT2D eigenvalue weighted by Gasteiger charge is 2.03. The SMILES string of the molecule is C=C(CO)C(=O)N=c1sccn1C. The summed E-state index contributed by atoms with van der Waals surface area (Å²) in [5.74, 6) is -0.472. The zero-order valence-electron chi connectivity index (χ0n) is 7.23. The van der Waals surface area contributed by atoms with Crippen molar-refractivity contribution in [1.29, 1.82) is 0 Å². The second-order valence-corrected chi connectivity index (χ2v) is 3.35. The molecule has 0 spiro atoms. The summed E-state index contributed by atoms with van der Waals surface area (Å²) in [5.41, 5.74) is 0.105. The van der Waals surface area contributed by atoms with E-state index >= 15 is 0 Å². The van der Waals surface area contributed by atoms with Crippen molar-refractivity contribution in [2.45, 2.75) is 0 Å². The summed E-state index contributed by atoms with van der Waals surface area (Å²) in [7, 11) is 1.80. The van der Waals surface area contributed by atoms with Crippen LogP contribution in [0, 0.1) is 0 Å². The molecule has 1 heterocycles. The van der Waals surface area contributed by atoms with Crippen molar-refractivity contribution in [3.05, 3.63) is 28.5 Å². The fraction of sp³-hybridized carbons (Fsp3) is 0.250. The minimum Gasteiger partial charge on any atom is -0.391 e. The summed E-state index contributed by atoms with van der Waals surface area (Å²) in [6, 6.07) is 0. The Morgan fingerprint density at radius 3 is 3.00 bits per heavy atom. The molecule has 1 amide bonds. The molecule has 0 saturated carbocycles. The van der Waals surface area contributed by atoms with E-state index in [2.05, 4.69) is 11.6 Å². The van der Waals surface area contributed by atoms with Crippen LogP contribution in [0.25, 0.3) is 0 Å². The average Bonchev–Trinajstić information content (AvgIpc) is 2.50. The van der Waals surface area contributed by atoms with Gasteiger partial charge in [-0.3, -0.25) is 4.79 Å². The van der Waals surface area contributed by atoms with Crippen LogP contribution < -0.4 is 4.80 Å². The third kappa shape index (κ3) is 2.37. The molecule has 0 bridgehead atoms. The van der Waals surface area contributed by atoms with Crippen LogP contribution in [-0.4, -0.2) is 22.2 Å². The number of hydrogen-bond acceptors (Lipinski definition) is 3. The largest absolute Gasteiger partial charge is 0.391 e. The Bertz CT molecular complexity index is 389. The van der Waals surface area contributed by atoms with Gasteiger partial charge in [0.05, 0.1) is 6.61 Å². The van der Waals surface area contributed by atoms with Crippen molar-refractivity contribution in [2.24, 2.45) is 12.0 Å². The molecule has 1 aromatic rings. The Morgan fingerprint density at radius 1 is 1.85 bits per heavy atom. The smallest absolute Gasteiger partial charge is 0.277 e. The lowest BCUT2D eigenvalue weighted by Crippen LogP contribution is -2.14. The van der Waals surface area contributed by atoms with Gasteiger partial charge in [0.15, 0.2) is 4.80 Å². The molecule has 0 radical (unpaired) electrons. The van der Waals surface area contributed by atoms with E-state index in [-0.39, 0.29) is 12.2 Å².